The van der Waals surface area contributed by atoms with Gasteiger partial charge in [-0.25, -0.2) is 0 Å². The van der Waals surface area contributed by atoms with Crippen molar-refractivity contribution in [2.75, 3.05) is 0 Å². The van der Waals surface area contributed by atoms with Crippen LogP contribution < -0.4 is 0 Å². The summed E-state index contributed by atoms with van der Waals surface area (Å²) in [4.78, 5) is 21.8. The first-order chi connectivity index (χ1) is 7.70. The minimum absolute atomic E-state index is 0.136. The van der Waals surface area contributed by atoms with Gasteiger partial charge in [0.1, 0.15) is 0 Å². The molecule has 0 aliphatic rings. The fraction of sp³-hybridized carbons (Fsp3) is 0.571. The van der Waals surface area contributed by atoms with E-state index in [4.69, 9.17) is 0 Å². The maximum Gasteiger partial charge on any atom is 0.155 e. The van der Waals surface area contributed by atoms with Crippen molar-refractivity contribution in [1.82, 2.24) is 0 Å². The maximum absolute atomic E-state index is 10.9. The summed E-state index contributed by atoms with van der Waals surface area (Å²) in [5.74, 6) is 0.271. The van der Waals surface area contributed by atoms with E-state index >= 15 is 0 Å². The van der Waals surface area contributed by atoms with E-state index in [1.165, 1.54) is 12.2 Å². The van der Waals surface area contributed by atoms with Gasteiger partial charge in [-0.2, -0.15) is 0 Å². The number of hydrogen-bond acceptors (Lipinski definition) is 2. The average molecular weight is 222 g/mol. The van der Waals surface area contributed by atoms with Gasteiger partial charge in [-0.05, 0) is 25.0 Å². The normalized spacial score (nSPS) is 9.75. The van der Waals surface area contributed by atoms with Crippen LogP contribution in [0.15, 0.2) is 25.3 Å². The predicted molar refractivity (Wildman–Crippen MR) is 67.3 cm³/mol. The highest BCUT2D eigenvalue weighted by molar-refractivity contribution is 5.89. The van der Waals surface area contributed by atoms with Crippen LogP contribution in [0.4, 0.5) is 0 Å². The minimum Gasteiger partial charge on any atom is -0.295 e. The summed E-state index contributed by atoms with van der Waals surface area (Å²) in [5.41, 5.74) is 0. The van der Waals surface area contributed by atoms with Crippen molar-refractivity contribution in [3.8, 4) is 0 Å². The SMILES string of the molecule is C=CC(=O)CCCCCCCCC(=O)C=C. The highest BCUT2D eigenvalue weighted by Gasteiger charge is 1.97. The summed E-state index contributed by atoms with van der Waals surface area (Å²) >= 11 is 0. The van der Waals surface area contributed by atoms with Crippen molar-refractivity contribution in [2.24, 2.45) is 0 Å². The highest BCUT2D eigenvalue weighted by atomic mass is 16.1. The Morgan fingerprint density at radius 3 is 1.31 bits per heavy atom. The van der Waals surface area contributed by atoms with Gasteiger partial charge in [-0.15, -0.1) is 0 Å². The minimum atomic E-state index is 0.136. The van der Waals surface area contributed by atoms with E-state index in [1.54, 1.807) is 0 Å². The summed E-state index contributed by atoms with van der Waals surface area (Å²) in [6.45, 7) is 6.87. The molecule has 0 fully saturated rings. The molecular weight excluding hydrogens is 200 g/mol. The number of unbranched alkanes of at least 4 members (excludes halogenated alkanes) is 5. The standard InChI is InChI=1S/C14H22O2/c1-3-13(15)11-9-7-5-6-8-10-12-14(16)4-2/h3-4H,1-2,5-12H2. The Bertz CT molecular complexity index is 215. The molecule has 0 aromatic carbocycles. The van der Waals surface area contributed by atoms with Crippen LogP contribution in [0.2, 0.25) is 0 Å². The molecule has 0 saturated heterocycles. The van der Waals surface area contributed by atoms with E-state index in [0.717, 1.165) is 38.5 Å². The molecule has 0 N–H and O–H groups in total. The Labute approximate surface area is 98.4 Å². The Hall–Kier alpha value is -1.18. The van der Waals surface area contributed by atoms with Crippen LogP contribution in [0, 0.1) is 0 Å². The van der Waals surface area contributed by atoms with Crippen LogP contribution in [0.25, 0.3) is 0 Å². The molecule has 0 aromatic heterocycles. The summed E-state index contributed by atoms with van der Waals surface area (Å²) < 4.78 is 0. The van der Waals surface area contributed by atoms with Crippen LogP contribution in [-0.4, -0.2) is 11.6 Å². The van der Waals surface area contributed by atoms with Crippen LogP contribution in [0.5, 0.6) is 0 Å². The van der Waals surface area contributed by atoms with Crippen molar-refractivity contribution in [3.63, 3.8) is 0 Å². The van der Waals surface area contributed by atoms with Gasteiger partial charge in [0.25, 0.3) is 0 Å². The molecule has 0 unspecified atom stereocenters. The van der Waals surface area contributed by atoms with Crippen molar-refractivity contribution < 1.29 is 9.59 Å². The maximum atomic E-state index is 10.9. The van der Waals surface area contributed by atoms with Crippen molar-refractivity contribution in [1.29, 1.82) is 0 Å². The first kappa shape index (κ1) is 14.8. The smallest absolute Gasteiger partial charge is 0.155 e. The number of allylic oxidation sites excluding steroid dienone is 2. The Balaban J connectivity index is 3.15. The molecule has 0 bridgehead atoms. The monoisotopic (exact) mass is 222 g/mol. The Kier molecular flexibility index (Phi) is 9.58. The van der Waals surface area contributed by atoms with Gasteiger partial charge < -0.3 is 0 Å². The van der Waals surface area contributed by atoms with E-state index in [1.807, 2.05) is 0 Å². The third kappa shape index (κ3) is 9.38. The van der Waals surface area contributed by atoms with Gasteiger partial charge in [-0.3, -0.25) is 9.59 Å². The van der Waals surface area contributed by atoms with Gasteiger partial charge in [0.15, 0.2) is 11.6 Å². The van der Waals surface area contributed by atoms with Crippen LogP contribution in [0.3, 0.4) is 0 Å². The van der Waals surface area contributed by atoms with E-state index < -0.39 is 0 Å². The molecule has 0 rings (SSSR count). The number of hydrogen-bond donors (Lipinski definition) is 0. The molecule has 0 aliphatic carbocycles. The lowest BCUT2D eigenvalue weighted by Crippen LogP contribution is -1.92. The van der Waals surface area contributed by atoms with Crippen molar-refractivity contribution in [2.45, 2.75) is 51.4 Å². The molecule has 0 aliphatic heterocycles. The predicted octanol–water partition coefficient (Wildman–Crippen LogP) is 3.62. The van der Waals surface area contributed by atoms with Gasteiger partial charge in [0.05, 0.1) is 0 Å². The van der Waals surface area contributed by atoms with Crippen molar-refractivity contribution in [3.05, 3.63) is 25.3 Å². The third-order valence-electron chi connectivity index (χ3n) is 2.55. The van der Waals surface area contributed by atoms with Gasteiger partial charge in [0.2, 0.25) is 0 Å². The second-order valence-electron chi connectivity index (χ2n) is 3.96. The average Bonchev–Trinajstić information content (AvgIpc) is 2.31. The largest absolute Gasteiger partial charge is 0.295 e. The quantitative estimate of drug-likeness (QED) is 0.395. The number of carbonyl (C=O) groups is 2. The third-order valence-corrected chi connectivity index (χ3v) is 2.55. The van der Waals surface area contributed by atoms with Crippen LogP contribution in [-0.2, 0) is 9.59 Å². The molecule has 0 radical (unpaired) electrons. The molecule has 0 heterocycles. The lowest BCUT2D eigenvalue weighted by Gasteiger charge is -2.00. The lowest BCUT2D eigenvalue weighted by molar-refractivity contribution is -0.115. The Morgan fingerprint density at radius 1 is 0.688 bits per heavy atom. The fourth-order valence-corrected chi connectivity index (χ4v) is 1.51. The first-order valence-electron chi connectivity index (χ1n) is 6.01. The summed E-state index contributed by atoms with van der Waals surface area (Å²) in [5, 5.41) is 0. The number of carbonyl (C=O) groups excluding carboxylic acids is 2. The zero-order valence-electron chi connectivity index (χ0n) is 10.0. The highest BCUT2D eigenvalue weighted by Crippen LogP contribution is 2.09. The summed E-state index contributed by atoms with van der Waals surface area (Å²) in [7, 11) is 0. The molecule has 2 nitrogen and oxygen atoms in total. The fourth-order valence-electron chi connectivity index (χ4n) is 1.51. The molecular formula is C14H22O2. The van der Waals surface area contributed by atoms with Crippen LogP contribution in [0.1, 0.15) is 51.4 Å². The Morgan fingerprint density at radius 2 is 1.00 bits per heavy atom. The molecule has 16 heavy (non-hydrogen) atoms. The molecule has 0 amide bonds. The lowest BCUT2D eigenvalue weighted by atomic mass is 10.1. The van der Waals surface area contributed by atoms with E-state index in [2.05, 4.69) is 13.2 Å². The van der Waals surface area contributed by atoms with Gasteiger partial charge in [-0.1, -0.05) is 38.8 Å². The summed E-state index contributed by atoms with van der Waals surface area (Å²) in [6.07, 6.45) is 10.4. The summed E-state index contributed by atoms with van der Waals surface area (Å²) in [6, 6.07) is 0. The second-order valence-corrected chi connectivity index (χ2v) is 3.96. The van der Waals surface area contributed by atoms with E-state index in [-0.39, 0.29) is 11.6 Å². The number of rotatable bonds is 11. The van der Waals surface area contributed by atoms with Gasteiger partial charge in [0, 0.05) is 12.8 Å². The second kappa shape index (κ2) is 10.3. The zero-order chi connectivity index (χ0) is 12.2. The zero-order valence-corrected chi connectivity index (χ0v) is 10.0. The number of ketones is 2. The molecule has 90 valence electrons. The topological polar surface area (TPSA) is 34.1 Å². The molecule has 0 saturated carbocycles. The molecule has 0 atom stereocenters. The molecule has 2 heteroatoms. The van der Waals surface area contributed by atoms with Gasteiger partial charge >= 0.3 is 0 Å². The van der Waals surface area contributed by atoms with Crippen LogP contribution >= 0.6 is 0 Å². The van der Waals surface area contributed by atoms with E-state index in [9.17, 15) is 9.59 Å². The first-order valence-corrected chi connectivity index (χ1v) is 6.01. The molecule has 0 aromatic rings. The molecule has 0 spiro atoms. The van der Waals surface area contributed by atoms with E-state index in [0.29, 0.717) is 12.8 Å². The van der Waals surface area contributed by atoms with Crippen molar-refractivity contribution >= 4 is 11.6 Å².